The average Bonchev–Trinajstić information content (AvgIpc) is 2.38. The van der Waals surface area contributed by atoms with Crippen LogP contribution in [0.5, 0.6) is 0 Å². The lowest BCUT2D eigenvalue weighted by molar-refractivity contribution is 0.0721. The molecular weight excluding hydrogens is 292 g/mol. The van der Waals surface area contributed by atoms with Crippen molar-refractivity contribution in [1.29, 1.82) is 0 Å². The van der Waals surface area contributed by atoms with E-state index in [2.05, 4.69) is 46.0 Å². The first kappa shape index (κ1) is 13.8. The molecule has 100 valence electrons. The molecule has 0 saturated carbocycles. The molecule has 2 N–H and O–H groups in total. The highest BCUT2D eigenvalue weighted by Gasteiger charge is 2.26. The zero-order valence-corrected chi connectivity index (χ0v) is 12.6. The number of nitrogens with zero attached hydrogens (tertiary/aromatic N) is 1. The number of hydrogen-bond donors (Lipinski definition) is 1. The van der Waals surface area contributed by atoms with E-state index >= 15 is 0 Å². The Hall–Kier alpha value is -0.580. The number of piperidine rings is 1. The van der Waals surface area contributed by atoms with Crippen molar-refractivity contribution in [3.8, 4) is 0 Å². The van der Waals surface area contributed by atoms with Crippen LogP contribution < -0.4 is 10.6 Å². The fraction of sp³-hybridized carbons (Fsp3) is 0.571. The monoisotopic (exact) mass is 312 g/mol. The second kappa shape index (κ2) is 6.04. The predicted molar refractivity (Wildman–Crippen MR) is 78.9 cm³/mol. The van der Waals surface area contributed by atoms with Gasteiger partial charge in [-0.05, 0) is 31.9 Å². The molecule has 2 unspecified atom stereocenters. The van der Waals surface area contributed by atoms with Gasteiger partial charge in [0.25, 0.3) is 0 Å². The molecule has 1 aromatic carbocycles. The Kier molecular flexibility index (Phi) is 4.65. The van der Waals surface area contributed by atoms with E-state index in [9.17, 15) is 0 Å². The highest BCUT2D eigenvalue weighted by atomic mass is 79.9. The summed E-state index contributed by atoms with van der Waals surface area (Å²) in [7, 11) is 1.80. The number of hydrogen-bond acceptors (Lipinski definition) is 3. The number of halogens is 1. The van der Waals surface area contributed by atoms with Gasteiger partial charge in [0.1, 0.15) is 0 Å². The van der Waals surface area contributed by atoms with Gasteiger partial charge in [-0.1, -0.05) is 22.0 Å². The normalized spacial score (nSPS) is 24.3. The quantitative estimate of drug-likeness (QED) is 0.932. The van der Waals surface area contributed by atoms with Crippen LogP contribution in [0.25, 0.3) is 0 Å². The van der Waals surface area contributed by atoms with E-state index in [0.29, 0.717) is 18.7 Å². The lowest BCUT2D eigenvalue weighted by Gasteiger charge is -2.39. The molecule has 0 spiro atoms. The standard InChI is InChI=1S/C14H21BrN2O/c1-10-8-11(18-2)6-7-17(10)14-5-3-4-13(15)12(14)9-16/h3-5,10-11H,6-9,16H2,1-2H3. The van der Waals surface area contributed by atoms with E-state index in [1.54, 1.807) is 7.11 Å². The maximum atomic E-state index is 5.88. The summed E-state index contributed by atoms with van der Waals surface area (Å²) in [6, 6.07) is 6.78. The lowest BCUT2D eigenvalue weighted by Crippen LogP contribution is -2.43. The van der Waals surface area contributed by atoms with Crippen LogP contribution in [0.3, 0.4) is 0 Å². The number of methoxy groups -OCH3 is 1. The summed E-state index contributed by atoms with van der Waals surface area (Å²) in [6.07, 6.45) is 2.55. The summed E-state index contributed by atoms with van der Waals surface area (Å²) in [5.41, 5.74) is 8.33. The van der Waals surface area contributed by atoms with E-state index in [-0.39, 0.29) is 0 Å². The minimum atomic E-state index is 0.393. The summed E-state index contributed by atoms with van der Waals surface area (Å²) < 4.78 is 6.57. The van der Waals surface area contributed by atoms with Crippen molar-refractivity contribution in [3.05, 3.63) is 28.2 Å². The van der Waals surface area contributed by atoms with Crippen molar-refractivity contribution in [2.75, 3.05) is 18.6 Å². The summed E-state index contributed by atoms with van der Waals surface area (Å²) in [5, 5.41) is 0. The Bertz CT molecular complexity index is 411. The van der Waals surface area contributed by atoms with Crippen molar-refractivity contribution in [2.45, 2.75) is 38.5 Å². The van der Waals surface area contributed by atoms with E-state index < -0.39 is 0 Å². The molecule has 0 aromatic heterocycles. The highest BCUT2D eigenvalue weighted by Crippen LogP contribution is 2.32. The molecule has 4 heteroatoms. The van der Waals surface area contributed by atoms with E-state index in [1.807, 2.05) is 0 Å². The van der Waals surface area contributed by atoms with E-state index in [1.165, 1.54) is 11.3 Å². The summed E-state index contributed by atoms with van der Waals surface area (Å²) in [4.78, 5) is 2.45. The van der Waals surface area contributed by atoms with Crippen molar-refractivity contribution in [3.63, 3.8) is 0 Å². The maximum absolute atomic E-state index is 5.88. The Labute approximate surface area is 117 Å². The molecule has 1 aromatic rings. The third-order valence-electron chi connectivity index (χ3n) is 3.77. The Balaban J connectivity index is 2.24. The topological polar surface area (TPSA) is 38.5 Å². The first-order valence-electron chi connectivity index (χ1n) is 6.44. The number of nitrogens with two attached hydrogens (primary N) is 1. The molecule has 2 rings (SSSR count). The van der Waals surface area contributed by atoms with E-state index in [4.69, 9.17) is 10.5 Å². The Morgan fingerprint density at radius 2 is 2.28 bits per heavy atom. The average molecular weight is 313 g/mol. The summed E-state index contributed by atoms with van der Waals surface area (Å²) in [6.45, 7) is 3.85. The molecule has 1 heterocycles. The van der Waals surface area contributed by atoms with Crippen molar-refractivity contribution in [2.24, 2.45) is 5.73 Å². The van der Waals surface area contributed by atoms with Gasteiger partial charge in [0.05, 0.1) is 6.10 Å². The van der Waals surface area contributed by atoms with Gasteiger partial charge < -0.3 is 15.4 Å². The van der Waals surface area contributed by atoms with Gasteiger partial charge in [-0.3, -0.25) is 0 Å². The first-order chi connectivity index (χ1) is 8.67. The first-order valence-corrected chi connectivity index (χ1v) is 7.23. The molecule has 0 amide bonds. The highest BCUT2D eigenvalue weighted by molar-refractivity contribution is 9.10. The molecule has 1 fully saturated rings. The van der Waals surface area contributed by atoms with Gasteiger partial charge in [-0.15, -0.1) is 0 Å². The van der Waals surface area contributed by atoms with Crippen LogP contribution in [-0.4, -0.2) is 25.8 Å². The van der Waals surface area contributed by atoms with Gasteiger partial charge in [0.15, 0.2) is 0 Å². The zero-order chi connectivity index (χ0) is 13.1. The van der Waals surface area contributed by atoms with Crippen LogP contribution in [0.15, 0.2) is 22.7 Å². The van der Waals surface area contributed by atoms with Crippen LogP contribution in [0.4, 0.5) is 5.69 Å². The molecule has 2 atom stereocenters. The largest absolute Gasteiger partial charge is 0.381 e. The fourth-order valence-corrected chi connectivity index (χ4v) is 3.24. The van der Waals surface area contributed by atoms with Gasteiger partial charge in [-0.2, -0.15) is 0 Å². The van der Waals surface area contributed by atoms with Crippen molar-refractivity contribution < 1.29 is 4.74 Å². The van der Waals surface area contributed by atoms with Crippen molar-refractivity contribution in [1.82, 2.24) is 0 Å². The molecule has 3 nitrogen and oxygen atoms in total. The Morgan fingerprint density at radius 3 is 2.89 bits per heavy atom. The third-order valence-corrected chi connectivity index (χ3v) is 4.51. The Morgan fingerprint density at radius 1 is 1.50 bits per heavy atom. The van der Waals surface area contributed by atoms with Crippen LogP contribution in [0, 0.1) is 0 Å². The molecule has 1 aliphatic rings. The second-order valence-corrected chi connectivity index (χ2v) is 5.72. The zero-order valence-electron chi connectivity index (χ0n) is 11.0. The number of ether oxygens (including phenoxy) is 1. The van der Waals surface area contributed by atoms with Gasteiger partial charge in [0.2, 0.25) is 0 Å². The van der Waals surface area contributed by atoms with Crippen LogP contribution in [-0.2, 0) is 11.3 Å². The molecule has 1 aliphatic heterocycles. The smallest absolute Gasteiger partial charge is 0.0607 e. The number of rotatable bonds is 3. The summed E-state index contributed by atoms with van der Waals surface area (Å²) >= 11 is 3.59. The SMILES string of the molecule is COC1CCN(c2cccc(Br)c2CN)C(C)C1. The molecule has 0 aliphatic carbocycles. The molecule has 0 radical (unpaired) electrons. The maximum Gasteiger partial charge on any atom is 0.0607 e. The van der Waals surface area contributed by atoms with Crippen LogP contribution in [0.1, 0.15) is 25.3 Å². The van der Waals surface area contributed by atoms with Gasteiger partial charge >= 0.3 is 0 Å². The molecular formula is C14H21BrN2O. The van der Waals surface area contributed by atoms with Crippen molar-refractivity contribution >= 4 is 21.6 Å². The molecule has 0 bridgehead atoms. The van der Waals surface area contributed by atoms with Gasteiger partial charge in [0, 0.05) is 42.0 Å². The third kappa shape index (κ3) is 2.71. The van der Waals surface area contributed by atoms with E-state index in [0.717, 1.165) is 23.9 Å². The second-order valence-electron chi connectivity index (χ2n) is 4.87. The van der Waals surface area contributed by atoms with Crippen LogP contribution in [0.2, 0.25) is 0 Å². The predicted octanol–water partition coefficient (Wildman–Crippen LogP) is 2.91. The lowest BCUT2D eigenvalue weighted by atomic mass is 9.98. The summed E-state index contributed by atoms with van der Waals surface area (Å²) in [5.74, 6) is 0. The number of anilines is 1. The molecule has 1 saturated heterocycles. The minimum absolute atomic E-state index is 0.393. The van der Waals surface area contributed by atoms with Crippen LogP contribution >= 0.6 is 15.9 Å². The van der Waals surface area contributed by atoms with Gasteiger partial charge in [-0.25, -0.2) is 0 Å². The minimum Gasteiger partial charge on any atom is -0.381 e. The fourth-order valence-electron chi connectivity index (χ4n) is 2.72. The molecule has 18 heavy (non-hydrogen) atoms. The number of benzene rings is 1.